The van der Waals surface area contributed by atoms with Crippen molar-refractivity contribution >= 4 is 17.2 Å². The summed E-state index contributed by atoms with van der Waals surface area (Å²) in [6, 6.07) is 3.11. The molecule has 4 N–H and O–H groups in total. The van der Waals surface area contributed by atoms with Crippen LogP contribution in [0.5, 0.6) is 0 Å². The highest BCUT2D eigenvalue weighted by Gasteiger charge is 2.16. The molecule has 1 rings (SSSR count). The minimum absolute atomic E-state index is 0.189. The molecule has 0 radical (unpaired) electrons. The Morgan fingerprint density at radius 3 is 3.00 bits per heavy atom. The van der Waals surface area contributed by atoms with E-state index in [9.17, 15) is 9.90 Å². The van der Waals surface area contributed by atoms with E-state index in [2.05, 4.69) is 5.32 Å². The number of hydrogen-bond acceptors (Lipinski definition) is 4. The zero-order chi connectivity index (χ0) is 12.0. The zero-order valence-electron chi connectivity index (χ0n) is 9.35. The molecule has 0 spiro atoms. The normalized spacial score (nSPS) is 14.4. The van der Waals surface area contributed by atoms with Gasteiger partial charge in [0.05, 0.1) is 6.10 Å². The molecule has 5 heteroatoms. The van der Waals surface area contributed by atoms with E-state index in [-0.39, 0.29) is 12.0 Å². The maximum atomic E-state index is 11.6. The van der Waals surface area contributed by atoms with Gasteiger partial charge in [-0.3, -0.25) is 4.79 Å². The third kappa shape index (κ3) is 3.92. The molecular weight excluding hydrogens is 224 g/mol. The standard InChI is InChI=1S/C11H18N2O2S/c1-2-8(14)5-6-13-11(15)10(12)9-4-3-7-16-9/h3-4,7-8,10,14H,2,5-6,12H2,1H3,(H,13,15). The number of nitrogens with two attached hydrogens (primary N) is 1. The molecule has 16 heavy (non-hydrogen) atoms. The molecule has 1 amide bonds. The fourth-order valence-electron chi connectivity index (χ4n) is 1.27. The highest BCUT2D eigenvalue weighted by molar-refractivity contribution is 7.10. The van der Waals surface area contributed by atoms with Crippen LogP contribution in [0.1, 0.15) is 30.7 Å². The van der Waals surface area contributed by atoms with Gasteiger partial charge in [0, 0.05) is 11.4 Å². The van der Waals surface area contributed by atoms with Gasteiger partial charge in [-0.15, -0.1) is 11.3 Å². The monoisotopic (exact) mass is 242 g/mol. The van der Waals surface area contributed by atoms with Gasteiger partial charge in [-0.1, -0.05) is 13.0 Å². The largest absolute Gasteiger partial charge is 0.393 e. The molecule has 2 unspecified atom stereocenters. The first-order chi connectivity index (χ1) is 7.65. The first-order valence-corrected chi connectivity index (χ1v) is 6.27. The van der Waals surface area contributed by atoms with Crippen LogP contribution in [0, 0.1) is 0 Å². The Morgan fingerprint density at radius 1 is 1.69 bits per heavy atom. The summed E-state index contributed by atoms with van der Waals surface area (Å²) in [5, 5.41) is 13.9. The van der Waals surface area contributed by atoms with Crippen molar-refractivity contribution in [3.63, 3.8) is 0 Å². The van der Waals surface area contributed by atoms with E-state index < -0.39 is 6.04 Å². The van der Waals surface area contributed by atoms with Crippen LogP contribution in [0.25, 0.3) is 0 Å². The molecule has 0 aliphatic rings. The van der Waals surface area contributed by atoms with Crippen molar-refractivity contribution in [2.75, 3.05) is 6.54 Å². The third-order valence-electron chi connectivity index (χ3n) is 2.38. The maximum absolute atomic E-state index is 11.6. The molecule has 0 saturated carbocycles. The SMILES string of the molecule is CCC(O)CCNC(=O)C(N)c1cccs1. The fraction of sp³-hybridized carbons (Fsp3) is 0.545. The molecule has 0 aliphatic heterocycles. The number of hydrogen-bond donors (Lipinski definition) is 3. The zero-order valence-corrected chi connectivity index (χ0v) is 10.2. The van der Waals surface area contributed by atoms with E-state index >= 15 is 0 Å². The fourth-order valence-corrected chi connectivity index (χ4v) is 2.00. The first kappa shape index (κ1) is 13.2. The average Bonchev–Trinajstić information content (AvgIpc) is 2.81. The van der Waals surface area contributed by atoms with Crippen LogP contribution in [0.4, 0.5) is 0 Å². The van der Waals surface area contributed by atoms with Crippen LogP contribution in [-0.2, 0) is 4.79 Å². The second kappa shape index (κ2) is 6.62. The first-order valence-electron chi connectivity index (χ1n) is 5.40. The van der Waals surface area contributed by atoms with Crippen molar-refractivity contribution in [1.29, 1.82) is 0 Å². The van der Waals surface area contributed by atoms with Crippen molar-refractivity contribution in [2.24, 2.45) is 5.73 Å². The summed E-state index contributed by atoms with van der Waals surface area (Å²) in [5.41, 5.74) is 5.77. The Labute approximate surface area is 99.5 Å². The van der Waals surface area contributed by atoms with Gasteiger partial charge in [0.2, 0.25) is 5.91 Å². The van der Waals surface area contributed by atoms with E-state index in [0.29, 0.717) is 19.4 Å². The number of aliphatic hydroxyl groups excluding tert-OH is 1. The maximum Gasteiger partial charge on any atom is 0.242 e. The van der Waals surface area contributed by atoms with Gasteiger partial charge < -0.3 is 16.2 Å². The number of rotatable bonds is 6. The summed E-state index contributed by atoms with van der Waals surface area (Å²) in [7, 11) is 0. The topological polar surface area (TPSA) is 75.3 Å². The van der Waals surface area contributed by atoms with Crippen LogP contribution in [0.2, 0.25) is 0 Å². The van der Waals surface area contributed by atoms with E-state index in [1.807, 2.05) is 24.4 Å². The van der Waals surface area contributed by atoms with E-state index in [1.54, 1.807) is 0 Å². The summed E-state index contributed by atoms with van der Waals surface area (Å²) >= 11 is 1.47. The molecule has 0 aliphatic carbocycles. The summed E-state index contributed by atoms with van der Waals surface area (Å²) in [6.45, 7) is 2.37. The second-order valence-corrected chi connectivity index (χ2v) is 4.61. The van der Waals surface area contributed by atoms with Crippen LogP contribution in [0.3, 0.4) is 0 Å². The third-order valence-corrected chi connectivity index (χ3v) is 3.34. The average molecular weight is 242 g/mol. The van der Waals surface area contributed by atoms with Crippen molar-refractivity contribution in [2.45, 2.75) is 31.9 Å². The lowest BCUT2D eigenvalue weighted by atomic mass is 10.2. The van der Waals surface area contributed by atoms with Crippen LogP contribution in [-0.4, -0.2) is 23.7 Å². The lowest BCUT2D eigenvalue weighted by Crippen LogP contribution is -2.35. The predicted octanol–water partition coefficient (Wildman–Crippen LogP) is 1.03. The van der Waals surface area contributed by atoms with Crippen molar-refractivity contribution in [1.82, 2.24) is 5.32 Å². The molecular formula is C11H18N2O2S. The van der Waals surface area contributed by atoms with Gasteiger partial charge >= 0.3 is 0 Å². The Hall–Kier alpha value is -0.910. The van der Waals surface area contributed by atoms with Crippen molar-refractivity contribution < 1.29 is 9.90 Å². The quantitative estimate of drug-likeness (QED) is 0.697. The molecule has 1 aromatic heterocycles. The second-order valence-electron chi connectivity index (χ2n) is 3.63. The Bertz CT molecular complexity index is 314. The number of aliphatic hydroxyl groups is 1. The summed E-state index contributed by atoms with van der Waals surface area (Å²) in [4.78, 5) is 12.5. The van der Waals surface area contributed by atoms with Gasteiger partial charge in [0.15, 0.2) is 0 Å². The number of thiophene rings is 1. The summed E-state index contributed by atoms with van der Waals surface area (Å²) in [5.74, 6) is -0.189. The van der Waals surface area contributed by atoms with Crippen LogP contribution >= 0.6 is 11.3 Å². The van der Waals surface area contributed by atoms with Gasteiger partial charge in [0.1, 0.15) is 6.04 Å². The lowest BCUT2D eigenvalue weighted by Gasteiger charge is -2.12. The minimum Gasteiger partial charge on any atom is -0.393 e. The molecule has 90 valence electrons. The van der Waals surface area contributed by atoms with Crippen molar-refractivity contribution in [3.05, 3.63) is 22.4 Å². The predicted molar refractivity (Wildman–Crippen MR) is 65.2 cm³/mol. The Kier molecular flexibility index (Phi) is 5.45. The highest BCUT2D eigenvalue weighted by atomic mass is 32.1. The highest BCUT2D eigenvalue weighted by Crippen LogP contribution is 2.16. The number of amides is 1. The Balaban J connectivity index is 2.30. The molecule has 1 heterocycles. The number of carbonyl (C=O) groups is 1. The smallest absolute Gasteiger partial charge is 0.242 e. The molecule has 1 aromatic rings. The molecule has 0 aromatic carbocycles. The van der Waals surface area contributed by atoms with E-state index in [4.69, 9.17) is 5.73 Å². The van der Waals surface area contributed by atoms with Gasteiger partial charge in [-0.25, -0.2) is 0 Å². The molecule has 4 nitrogen and oxygen atoms in total. The lowest BCUT2D eigenvalue weighted by molar-refractivity contribution is -0.122. The van der Waals surface area contributed by atoms with Crippen LogP contribution in [0.15, 0.2) is 17.5 Å². The summed E-state index contributed by atoms with van der Waals surface area (Å²) < 4.78 is 0. The van der Waals surface area contributed by atoms with E-state index in [1.165, 1.54) is 11.3 Å². The molecule has 0 saturated heterocycles. The van der Waals surface area contributed by atoms with Gasteiger partial charge in [-0.05, 0) is 24.3 Å². The van der Waals surface area contributed by atoms with Crippen LogP contribution < -0.4 is 11.1 Å². The van der Waals surface area contributed by atoms with Crippen molar-refractivity contribution in [3.8, 4) is 0 Å². The number of carbonyl (C=O) groups excluding carboxylic acids is 1. The molecule has 0 fully saturated rings. The minimum atomic E-state index is -0.598. The van der Waals surface area contributed by atoms with Gasteiger partial charge in [-0.2, -0.15) is 0 Å². The Morgan fingerprint density at radius 2 is 2.44 bits per heavy atom. The summed E-state index contributed by atoms with van der Waals surface area (Å²) in [6.07, 6.45) is 0.921. The van der Waals surface area contributed by atoms with E-state index in [0.717, 1.165) is 4.88 Å². The molecule has 2 atom stereocenters. The molecule has 0 bridgehead atoms. The number of nitrogens with one attached hydrogen (secondary N) is 1. The van der Waals surface area contributed by atoms with Gasteiger partial charge in [0.25, 0.3) is 0 Å².